The number of phenols is 1. The Morgan fingerprint density at radius 2 is 2.10 bits per heavy atom. The van der Waals surface area contributed by atoms with Gasteiger partial charge >= 0.3 is 0 Å². The summed E-state index contributed by atoms with van der Waals surface area (Å²) in [4.78, 5) is 25.3. The lowest BCUT2D eigenvalue weighted by molar-refractivity contribution is -0.122. The Balaban J connectivity index is 2.39. The number of aromatic hydroxyl groups is 1. The molecule has 5 nitrogen and oxygen atoms in total. The van der Waals surface area contributed by atoms with E-state index in [0.717, 1.165) is 11.8 Å². The smallest absolute Gasteiger partial charge is 0.293 e. The molecular formula is C14H14BrNO4S. The first-order valence-electron chi connectivity index (χ1n) is 6.38. The van der Waals surface area contributed by atoms with Crippen LogP contribution in [0.5, 0.6) is 11.5 Å². The van der Waals surface area contributed by atoms with Crippen LogP contribution >= 0.6 is 27.7 Å². The SMILES string of the molecule is CCOc1cc(C=C2SC(=O)N(CC)C2=O)c(Br)cc1O. The van der Waals surface area contributed by atoms with Gasteiger partial charge < -0.3 is 9.84 Å². The summed E-state index contributed by atoms with van der Waals surface area (Å²) >= 11 is 4.24. The molecule has 0 aliphatic carbocycles. The van der Waals surface area contributed by atoms with Gasteiger partial charge in [0.2, 0.25) is 0 Å². The quantitative estimate of drug-likeness (QED) is 0.818. The summed E-state index contributed by atoms with van der Waals surface area (Å²) in [6.45, 7) is 4.33. The summed E-state index contributed by atoms with van der Waals surface area (Å²) in [5, 5.41) is 9.50. The third kappa shape index (κ3) is 3.24. The number of rotatable bonds is 4. The number of phenolic OH excluding ortho intramolecular Hbond substituents is 1. The second-order valence-corrected chi connectivity index (χ2v) is 6.05. The van der Waals surface area contributed by atoms with Crippen molar-refractivity contribution in [2.24, 2.45) is 0 Å². The summed E-state index contributed by atoms with van der Waals surface area (Å²) in [5.41, 5.74) is 0.665. The van der Waals surface area contributed by atoms with E-state index in [1.165, 1.54) is 11.0 Å². The first kappa shape index (κ1) is 15.9. The molecule has 1 aromatic rings. The van der Waals surface area contributed by atoms with Crippen molar-refractivity contribution in [1.82, 2.24) is 4.90 Å². The molecule has 0 aromatic heterocycles. The van der Waals surface area contributed by atoms with Crippen LogP contribution < -0.4 is 4.74 Å². The van der Waals surface area contributed by atoms with Gasteiger partial charge in [-0.15, -0.1) is 0 Å². The molecule has 2 rings (SSSR count). The van der Waals surface area contributed by atoms with Gasteiger partial charge in [0.25, 0.3) is 11.1 Å². The fourth-order valence-corrected chi connectivity index (χ4v) is 3.19. The molecule has 112 valence electrons. The number of thioether (sulfide) groups is 1. The minimum atomic E-state index is -0.301. The maximum absolute atomic E-state index is 12.1. The lowest BCUT2D eigenvalue weighted by Gasteiger charge is -2.09. The van der Waals surface area contributed by atoms with Crippen molar-refractivity contribution >= 4 is 44.9 Å². The molecule has 0 atom stereocenters. The van der Waals surface area contributed by atoms with Gasteiger partial charge in [0, 0.05) is 11.0 Å². The van der Waals surface area contributed by atoms with Crippen LogP contribution in [0.4, 0.5) is 4.79 Å². The molecule has 1 aromatic carbocycles. The summed E-state index contributed by atoms with van der Waals surface area (Å²) in [6.07, 6.45) is 1.62. The van der Waals surface area contributed by atoms with Gasteiger partial charge in [-0.2, -0.15) is 0 Å². The maximum Gasteiger partial charge on any atom is 0.293 e. The van der Waals surface area contributed by atoms with Gasteiger partial charge in [0.05, 0.1) is 11.5 Å². The highest BCUT2D eigenvalue weighted by molar-refractivity contribution is 9.10. The molecule has 1 aliphatic rings. The number of amides is 2. The van der Waals surface area contributed by atoms with Crippen LogP contribution in [0.15, 0.2) is 21.5 Å². The number of carbonyl (C=O) groups excluding carboxylic acids is 2. The molecule has 1 aliphatic heterocycles. The Labute approximate surface area is 135 Å². The summed E-state index contributed by atoms with van der Waals surface area (Å²) in [7, 11) is 0. The zero-order valence-electron chi connectivity index (χ0n) is 11.6. The van der Waals surface area contributed by atoms with Gasteiger partial charge in [-0.25, -0.2) is 0 Å². The summed E-state index contributed by atoms with van der Waals surface area (Å²) in [6, 6.07) is 3.13. The molecule has 1 saturated heterocycles. The maximum atomic E-state index is 12.1. The monoisotopic (exact) mass is 371 g/mol. The number of nitrogens with zero attached hydrogens (tertiary/aromatic N) is 1. The number of carbonyl (C=O) groups is 2. The fraction of sp³-hybridized carbons (Fsp3) is 0.286. The number of halogens is 1. The van der Waals surface area contributed by atoms with Crippen molar-refractivity contribution in [2.75, 3.05) is 13.2 Å². The fourth-order valence-electron chi connectivity index (χ4n) is 1.85. The van der Waals surface area contributed by atoms with Crippen molar-refractivity contribution in [3.63, 3.8) is 0 Å². The molecule has 21 heavy (non-hydrogen) atoms. The van der Waals surface area contributed by atoms with E-state index in [-0.39, 0.29) is 16.9 Å². The Kier molecular flexibility index (Phi) is 4.95. The lowest BCUT2D eigenvalue weighted by atomic mass is 10.2. The van der Waals surface area contributed by atoms with Gasteiger partial charge in [-0.05, 0) is 49.4 Å². The molecule has 0 radical (unpaired) electrons. The third-order valence-corrected chi connectivity index (χ3v) is 4.45. The number of imide groups is 1. The first-order chi connectivity index (χ1) is 9.97. The van der Waals surface area contributed by atoms with Crippen LogP contribution in [0.1, 0.15) is 19.4 Å². The molecule has 1 heterocycles. The Morgan fingerprint density at radius 1 is 1.38 bits per heavy atom. The largest absolute Gasteiger partial charge is 0.504 e. The molecule has 0 bridgehead atoms. The normalized spacial score (nSPS) is 16.9. The second kappa shape index (κ2) is 6.53. The molecule has 1 fully saturated rings. The van der Waals surface area contributed by atoms with Crippen LogP contribution in [0.3, 0.4) is 0 Å². The van der Waals surface area contributed by atoms with Crippen LogP contribution in [-0.4, -0.2) is 34.3 Å². The zero-order valence-corrected chi connectivity index (χ0v) is 14.0. The van der Waals surface area contributed by atoms with Gasteiger partial charge in [0.15, 0.2) is 11.5 Å². The van der Waals surface area contributed by atoms with Crippen LogP contribution in [0, 0.1) is 0 Å². The first-order valence-corrected chi connectivity index (χ1v) is 7.99. The summed E-state index contributed by atoms with van der Waals surface area (Å²) in [5.74, 6) is 0.0506. The van der Waals surface area contributed by atoms with Gasteiger partial charge in [-0.3, -0.25) is 14.5 Å². The molecule has 1 N–H and O–H groups in total. The number of likely N-dealkylation sites (N-methyl/N-ethyl adjacent to an activating group) is 1. The second-order valence-electron chi connectivity index (χ2n) is 4.20. The highest BCUT2D eigenvalue weighted by Crippen LogP contribution is 2.37. The molecule has 0 saturated carbocycles. The Bertz CT molecular complexity index is 630. The summed E-state index contributed by atoms with van der Waals surface area (Å²) < 4.78 is 5.94. The number of hydrogen-bond donors (Lipinski definition) is 1. The predicted octanol–water partition coefficient (Wildman–Crippen LogP) is 3.61. The third-order valence-electron chi connectivity index (χ3n) is 2.85. The van der Waals surface area contributed by atoms with E-state index in [1.807, 2.05) is 6.92 Å². The number of benzene rings is 1. The van der Waals surface area contributed by atoms with Crippen molar-refractivity contribution in [1.29, 1.82) is 0 Å². The zero-order chi connectivity index (χ0) is 15.6. The van der Waals surface area contributed by atoms with E-state index in [2.05, 4.69) is 15.9 Å². The standard InChI is InChI=1S/C14H14BrNO4S/c1-3-16-13(18)12(21-14(16)19)6-8-5-11(20-4-2)10(17)7-9(8)15/h5-7,17H,3-4H2,1-2H3. The average Bonchev–Trinajstić information content (AvgIpc) is 2.69. The Morgan fingerprint density at radius 3 is 2.67 bits per heavy atom. The molecule has 2 amide bonds. The van der Waals surface area contributed by atoms with E-state index in [9.17, 15) is 14.7 Å². The number of hydrogen-bond acceptors (Lipinski definition) is 5. The lowest BCUT2D eigenvalue weighted by Crippen LogP contribution is -2.27. The van der Waals surface area contributed by atoms with E-state index in [1.54, 1.807) is 19.1 Å². The van der Waals surface area contributed by atoms with Crippen molar-refractivity contribution in [2.45, 2.75) is 13.8 Å². The van der Waals surface area contributed by atoms with Crippen molar-refractivity contribution < 1.29 is 19.4 Å². The van der Waals surface area contributed by atoms with Crippen LogP contribution in [-0.2, 0) is 4.79 Å². The average molecular weight is 372 g/mol. The highest BCUT2D eigenvalue weighted by Gasteiger charge is 2.33. The van der Waals surface area contributed by atoms with Crippen LogP contribution in [0.2, 0.25) is 0 Å². The van der Waals surface area contributed by atoms with E-state index >= 15 is 0 Å². The molecular weight excluding hydrogens is 358 g/mol. The topological polar surface area (TPSA) is 66.8 Å². The minimum Gasteiger partial charge on any atom is -0.504 e. The highest BCUT2D eigenvalue weighted by atomic mass is 79.9. The molecule has 0 unspecified atom stereocenters. The van der Waals surface area contributed by atoms with Crippen molar-refractivity contribution in [3.05, 3.63) is 27.1 Å². The van der Waals surface area contributed by atoms with E-state index in [0.29, 0.717) is 33.8 Å². The van der Waals surface area contributed by atoms with E-state index < -0.39 is 0 Å². The minimum absolute atomic E-state index is 0.0162. The molecule has 0 spiro atoms. The van der Waals surface area contributed by atoms with Crippen molar-refractivity contribution in [3.8, 4) is 11.5 Å². The van der Waals surface area contributed by atoms with Crippen LogP contribution in [0.25, 0.3) is 6.08 Å². The van der Waals surface area contributed by atoms with E-state index in [4.69, 9.17) is 4.74 Å². The predicted molar refractivity (Wildman–Crippen MR) is 85.3 cm³/mol. The Hall–Kier alpha value is -1.47. The molecule has 7 heteroatoms. The van der Waals surface area contributed by atoms with Gasteiger partial charge in [-0.1, -0.05) is 15.9 Å². The van der Waals surface area contributed by atoms with Gasteiger partial charge in [0.1, 0.15) is 0 Å². The number of ether oxygens (including phenoxy) is 1.